The lowest BCUT2D eigenvalue weighted by Gasteiger charge is -2.14. The maximum Gasteiger partial charge on any atom is 0.341 e. The number of carbonyl (C=O) groups is 2. The van der Waals surface area contributed by atoms with Gasteiger partial charge in [-0.25, -0.2) is 4.79 Å². The lowest BCUT2D eigenvalue weighted by molar-refractivity contribution is 0.0378. The first-order valence-electron chi connectivity index (χ1n) is 11.8. The van der Waals surface area contributed by atoms with E-state index in [1.165, 1.54) is 11.3 Å². The summed E-state index contributed by atoms with van der Waals surface area (Å²) in [4.78, 5) is 26.9. The molecule has 0 aliphatic heterocycles. The Kier molecular flexibility index (Phi) is 6.59. The number of fused-ring (bicyclic) bond motifs is 2. The number of esters is 1. The first kappa shape index (κ1) is 23.2. The van der Waals surface area contributed by atoms with Crippen molar-refractivity contribution in [3.8, 4) is 5.75 Å². The number of carbonyl (C=O) groups excluding carboxylic acids is 2. The van der Waals surface area contributed by atoms with Crippen molar-refractivity contribution >= 4 is 39.0 Å². The smallest absolute Gasteiger partial charge is 0.341 e. The molecule has 35 heavy (non-hydrogen) atoms. The number of hydrogen-bond donors (Lipinski definition) is 1. The third-order valence-corrected chi connectivity index (χ3v) is 7.14. The molecule has 0 bridgehead atoms. The number of aryl methyl sites for hydroxylation is 1. The van der Waals surface area contributed by atoms with E-state index in [0.717, 1.165) is 52.6 Å². The Bertz CT molecular complexity index is 1380. The number of rotatable bonds is 7. The summed E-state index contributed by atoms with van der Waals surface area (Å²) in [7, 11) is 0. The SMILES string of the molecule is CC(C)OC(=O)c1c(NC(=O)c2ccc(COc3ccc4ccccc4c3)o2)sc2c1CCCC2. The first-order valence-corrected chi connectivity index (χ1v) is 12.7. The lowest BCUT2D eigenvalue weighted by atomic mass is 9.95. The maximum atomic E-state index is 13.0. The van der Waals surface area contributed by atoms with E-state index in [1.807, 2.05) is 50.2 Å². The molecule has 1 N–H and O–H groups in total. The quantitative estimate of drug-likeness (QED) is 0.290. The zero-order valence-corrected chi connectivity index (χ0v) is 20.6. The van der Waals surface area contributed by atoms with Crippen molar-refractivity contribution in [3.63, 3.8) is 0 Å². The van der Waals surface area contributed by atoms with Gasteiger partial charge in [0.15, 0.2) is 5.76 Å². The van der Waals surface area contributed by atoms with Crippen molar-refractivity contribution in [2.45, 2.75) is 52.2 Å². The van der Waals surface area contributed by atoms with Crippen molar-refractivity contribution in [2.75, 3.05) is 5.32 Å². The highest BCUT2D eigenvalue weighted by atomic mass is 32.1. The molecule has 5 rings (SSSR count). The second kappa shape index (κ2) is 9.96. The number of anilines is 1. The highest BCUT2D eigenvalue weighted by Gasteiger charge is 2.28. The van der Waals surface area contributed by atoms with Crippen LogP contribution in [0.3, 0.4) is 0 Å². The Balaban J connectivity index is 1.29. The van der Waals surface area contributed by atoms with Gasteiger partial charge in [0.2, 0.25) is 0 Å². The minimum absolute atomic E-state index is 0.164. The van der Waals surface area contributed by atoms with Gasteiger partial charge in [0.25, 0.3) is 5.91 Å². The number of furan rings is 1. The molecule has 0 saturated heterocycles. The molecule has 0 fully saturated rings. The standard InChI is InChI=1S/C28H27NO5S/c1-17(2)33-28(31)25-22-9-5-6-10-24(22)35-27(25)29-26(30)23-14-13-21(34-23)16-32-20-12-11-18-7-3-4-8-19(18)15-20/h3-4,7-8,11-15,17H,5-6,9-10,16H2,1-2H3,(H,29,30). The molecule has 2 aromatic carbocycles. The van der Waals surface area contributed by atoms with Crippen LogP contribution < -0.4 is 10.1 Å². The predicted octanol–water partition coefficient (Wildman–Crippen LogP) is 6.77. The van der Waals surface area contributed by atoms with Crippen molar-refractivity contribution in [1.29, 1.82) is 0 Å². The zero-order chi connectivity index (χ0) is 24.4. The molecule has 0 unspecified atom stereocenters. The van der Waals surface area contributed by atoms with E-state index in [9.17, 15) is 9.59 Å². The van der Waals surface area contributed by atoms with Crippen LogP contribution >= 0.6 is 11.3 Å². The number of hydrogen-bond acceptors (Lipinski definition) is 6. The van der Waals surface area contributed by atoms with E-state index in [4.69, 9.17) is 13.9 Å². The van der Waals surface area contributed by atoms with E-state index in [-0.39, 0.29) is 18.5 Å². The predicted molar refractivity (Wildman–Crippen MR) is 136 cm³/mol. The van der Waals surface area contributed by atoms with E-state index >= 15 is 0 Å². The van der Waals surface area contributed by atoms with E-state index in [1.54, 1.807) is 12.1 Å². The van der Waals surface area contributed by atoms with Crippen molar-refractivity contribution in [2.24, 2.45) is 0 Å². The Morgan fingerprint density at radius 2 is 1.83 bits per heavy atom. The molecule has 180 valence electrons. The summed E-state index contributed by atoms with van der Waals surface area (Å²) in [6.45, 7) is 3.84. The van der Waals surface area contributed by atoms with Gasteiger partial charge in [0.1, 0.15) is 23.1 Å². The van der Waals surface area contributed by atoms with E-state index < -0.39 is 11.9 Å². The van der Waals surface area contributed by atoms with Crippen LogP contribution in [0.4, 0.5) is 5.00 Å². The molecule has 6 nitrogen and oxygen atoms in total. The van der Waals surface area contributed by atoms with Crippen molar-refractivity contribution < 1.29 is 23.5 Å². The van der Waals surface area contributed by atoms with Gasteiger partial charge in [0, 0.05) is 4.88 Å². The monoisotopic (exact) mass is 489 g/mol. The fourth-order valence-electron chi connectivity index (χ4n) is 4.30. The fourth-order valence-corrected chi connectivity index (χ4v) is 5.57. The molecule has 1 aliphatic rings. The largest absolute Gasteiger partial charge is 0.486 e. The van der Waals surface area contributed by atoms with Crippen LogP contribution in [0, 0.1) is 0 Å². The fraction of sp³-hybridized carbons (Fsp3) is 0.286. The summed E-state index contributed by atoms with van der Waals surface area (Å²) in [6, 6.07) is 17.3. The third-order valence-electron chi connectivity index (χ3n) is 5.93. The Morgan fingerprint density at radius 1 is 1.03 bits per heavy atom. The molecule has 1 aliphatic carbocycles. The number of nitrogens with one attached hydrogen (secondary N) is 1. The lowest BCUT2D eigenvalue weighted by Crippen LogP contribution is -2.17. The molecule has 4 aromatic rings. The van der Waals surface area contributed by atoms with Crippen LogP contribution in [0.15, 0.2) is 59.0 Å². The van der Waals surface area contributed by atoms with Gasteiger partial charge in [-0.3, -0.25) is 4.79 Å². The second-order valence-corrected chi connectivity index (χ2v) is 9.99. The summed E-state index contributed by atoms with van der Waals surface area (Å²) in [5.74, 6) is 0.631. The van der Waals surface area contributed by atoms with Gasteiger partial charge in [0.05, 0.1) is 11.7 Å². The first-order chi connectivity index (χ1) is 17.0. The average Bonchev–Trinajstić information content (AvgIpc) is 3.46. The number of benzene rings is 2. The van der Waals surface area contributed by atoms with Crippen molar-refractivity contribution in [1.82, 2.24) is 0 Å². The summed E-state index contributed by atoms with van der Waals surface area (Å²) >= 11 is 1.46. The van der Waals surface area contributed by atoms with Gasteiger partial charge in [-0.1, -0.05) is 30.3 Å². The van der Waals surface area contributed by atoms with Gasteiger partial charge < -0.3 is 19.2 Å². The molecular weight excluding hydrogens is 462 g/mol. The van der Waals surface area contributed by atoms with Crippen LogP contribution in [0.2, 0.25) is 0 Å². The van der Waals surface area contributed by atoms with Crippen LogP contribution in [0.25, 0.3) is 10.8 Å². The summed E-state index contributed by atoms with van der Waals surface area (Å²) in [6.07, 6.45) is 3.60. The van der Waals surface area contributed by atoms with E-state index in [0.29, 0.717) is 16.3 Å². The summed E-state index contributed by atoms with van der Waals surface area (Å²) < 4.78 is 17.1. The minimum atomic E-state index is -0.404. The molecule has 0 radical (unpaired) electrons. The Labute approximate surface area is 207 Å². The second-order valence-electron chi connectivity index (χ2n) is 8.89. The van der Waals surface area contributed by atoms with Crippen LogP contribution in [-0.2, 0) is 24.2 Å². The van der Waals surface area contributed by atoms with Crippen LogP contribution in [0.1, 0.15) is 63.8 Å². The van der Waals surface area contributed by atoms with Gasteiger partial charge in [-0.05, 0) is 80.1 Å². The summed E-state index contributed by atoms with van der Waals surface area (Å²) in [5.41, 5.74) is 1.49. The topological polar surface area (TPSA) is 77.8 Å². The van der Waals surface area contributed by atoms with Gasteiger partial charge >= 0.3 is 5.97 Å². The highest BCUT2D eigenvalue weighted by molar-refractivity contribution is 7.17. The maximum absolute atomic E-state index is 13.0. The number of ether oxygens (including phenoxy) is 2. The molecule has 0 spiro atoms. The Morgan fingerprint density at radius 3 is 2.66 bits per heavy atom. The average molecular weight is 490 g/mol. The van der Waals surface area contributed by atoms with Crippen LogP contribution in [-0.4, -0.2) is 18.0 Å². The summed E-state index contributed by atoms with van der Waals surface area (Å²) in [5, 5.41) is 5.65. The molecule has 2 aromatic heterocycles. The van der Waals surface area contributed by atoms with Gasteiger partial charge in [-0.15, -0.1) is 11.3 Å². The van der Waals surface area contributed by atoms with E-state index in [2.05, 4.69) is 11.4 Å². The number of thiophene rings is 1. The van der Waals surface area contributed by atoms with Crippen LogP contribution in [0.5, 0.6) is 5.75 Å². The molecule has 0 atom stereocenters. The number of amides is 1. The molecule has 1 amide bonds. The molecule has 2 heterocycles. The highest BCUT2D eigenvalue weighted by Crippen LogP contribution is 2.39. The zero-order valence-electron chi connectivity index (χ0n) is 19.8. The third kappa shape index (κ3) is 5.10. The molecule has 0 saturated carbocycles. The normalized spacial score (nSPS) is 13.0. The Hall–Kier alpha value is -3.58. The van der Waals surface area contributed by atoms with Gasteiger partial charge in [-0.2, -0.15) is 0 Å². The minimum Gasteiger partial charge on any atom is -0.486 e. The van der Waals surface area contributed by atoms with Crippen molar-refractivity contribution in [3.05, 3.63) is 82.1 Å². The molecule has 7 heteroatoms. The molecular formula is C28H27NO5S.